The van der Waals surface area contributed by atoms with Crippen molar-refractivity contribution in [2.24, 2.45) is 4.99 Å². The van der Waals surface area contributed by atoms with E-state index in [1.54, 1.807) is 12.1 Å². The molecule has 3 aromatic rings. The summed E-state index contributed by atoms with van der Waals surface area (Å²) in [5.74, 6) is 0. The van der Waals surface area contributed by atoms with Gasteiger partial charge in [0.2, 0.25) is 5.55 Å². The van der Waals surface area contributed by atoms with Gasteiger partial charge in [-0.2, -0.15) is 0 Å². The second kappa shape index (κ2) is 4.67. The van der Waals surface area contributed by atoms with Gasteiger partial charge in [0.25, 0.3) is 0 Å². The van der Waals surface area contributed by atoms with Gasteiger partial charge in [0.15, 0.2) is 0 Å². The number of hydrogen-bond acceptors (Lipinski definition) is 2. The standard InChI is InChI=1S/C15H10ClNO/c16-12-6-8-13(9-7-12)17-15-10-5-11-3-1-2-4-14(11)18-15/h1-10H. The van der Waals surface area contributed by atoms with E-state index >= 15 is 0 Å². The van der Waals surface area contributed by atoms with Crippen LogP contribution in [0, 0.1) is 0 Å². The molecule has 2 aromatic carbocycles. The highest BCUT2D eigenvalue weighted by Gasteiger charge is 1.94. The molecule has 0 fully saturated rings. The first-order chi connectivity index (χ1) is 8.81. The number of para-hydroxylation sites is 1. The average molecular weight is 256 g/mol. The molecule has 0 N–H and O–H groups in total. The van der Waals surface area contributed by atoms with E-state index in [0.717, 1.165) is 16.7 Å². The van der Waals surface area contributed by atoms with E-state index < -0.39 is 0 Å². The lowest BCUT2D eigenvalue weighted by Crippen LogP contribution is -1.97. The fourth-order valence-electron chi connectivity index (χ4n) is 1.72. The maximum atomic E-state index is 5.83. The lowest BCUT2D eigenvalue weighted by Gasteiger charge is -1.96. The van der Waals surface area contributed by atoms with Crippen LogP contribution >= 0.6 is 11.6 Å². The van der Waals surface area contributed by atoms with Crippen LogP contribution in [0.1, 0.15) is 0 Å². The molecule has 0 aliphatic carbocycles. The Morgan fingerprint density at radius 1 is 0.833 bits per heavy atom. The molecule has 0 saturated heterocycles. The smallest absolute Gasteiger partial charge is 0.219 e. The minimum atomic E-state index is 0.580. The molecule has 0 saturated carbocycles. The van der Waals surface area contributed by atoms with Crippen molar-refractivity contribution in [1.82, 2.24) is 0 Å². The lowest BCUT2D eigenvalue weighted by atomic mass is 10.2. The summed E-state index contributed by atoms with van der Waals surface area (Å²) in [6.07, 6.45) is 0. The van der Waals surface area contributed by atoms with Gasteiger partial charge >= 0.3 is 0 Å². The molecule has 0 bridgehead atoms. The van der Waals surface area contributed by atoms with E-state index in [4.69, 9.17) is 16.0 Å². The van der Waals surface area contributed by atoms with Gasteiger partial charge in [-0.3, -0.25) is 0 Å². The molecular weight excluding hydrogens is 246 g/mol. The number of hydrogen-bond donors (Lipinski definition) is 0. The topological polar surface area (TPSA) is 25.5 Å². The van der Waals surface area contributed by atoms with Gasteiger partial charge in [0, 0.05) is 16.5 Å². The highest BCUT2D eigenvalue weighted by molar-refractivity contribution is 6.30. The van der Waals surface area contributed by atoms with Gasteiger partial charge in [-0.25, -0.2) is 4.99 Å². The first-order valence-electron chi connectivity index (χ1n) is 5.60. The first-order valence-corrected chi connectivity index (χ1v) is 5.98. The van der Waals surface area contributed by atoms with Gasteiger partial charge in [0.05, 0.1) is 5.69 Å². The number of nitrogens with zero attached hydrogens (tertiary/aromatic N) is 1. The van der Waals surface area contributed by atoms with Gasteiger partial charge in [0.1, 0.15) is 5.58 Å². The van der Waals surface area contributed by atoms with Crippen LogP contribution in [0.2, 0.25) is 5.02 Å². The zero-order valence-corrected chi connectivity index (χ0v) is 10.3. The molecule has 0 radical (unpaired) electrons. The molecule has 1 heterocycles. The summed E-state index contributed by atoms with van der Waals surface area (Å²) >= 11 is 5.83. The van der Waals surface area contributed by atoms with Crippen LogP contribution in [-0.2, 0) is 0 Å². The van der Waals surface area contributed by atoms with E-state index in [9.17, 15) is 0 Å². The third kappa shape index (κ3) is 2.29. The van der Waals surface area contributed by atoms with Crippen molar-refractivity contribution in [1.29, 1.82) is 0 Å². The van der Waals surface area contributed by atoms with Crippen molar-refractivity contribution in [3.8, 4) is 0 Å². The second-order valence-corrected chi connectivity index (χ2v) is 4.34. The van der Waals surface area contributed by atoms with Gasteiger partial charge in [-0.15, -0.1) is 0 Å². The second-order valence-electron chi connectivity index (χ2n) is 3.90. The molecule has 0 unspecified atom stereocenters. The summed E-state index contributed by atoms with van der Waals surface area (Å²) in [5.41, 5.74) is 2.22. The lowest BCUT2D eigenvalue weighted by molar-refractivity contribution is 0.545. The van der Waals surface area contributed by atoms with Crippen LogP contribution < -0.4 is 5.55 Å². The number of benzene rings is 2. The molecule has 0 atom stereocenters. The van der Waals surface area contributed by atoms with Gasteiger partial charge in [-0.1, -0.05) is 29.8 Å². The largest absolute Gasteiger partial charge is 0.438 e. The average Bonchev–Trinajstić information content (AvgIpc) is 2.41. The zero-order valence-electron chi connectivity index (χ0n) is 9.51. The molecule has 1 aromatic heterocycles. The van der Waals surface area contributed by atoms with Crippen LogP contribution in [0.4, 0.5) is 5.69 Å². The summed E-state index contributed by atoms with van der Waals surface area (Å²) in [6, 6.07) is 19.0. The summed E-state index contributed by atoms with van der Waals surface area (Å²) < 4.78 is 5.70. The Balaban J connectivity index is 2.11. The van der Waals surface area contributed by atoms with E-state index in [1.807, 2.05) is 48.5 Å². The maximum absolute atomic E-state index is 5.83. The Hall–Kier alpha value is -2.06. The zero-order chi connectivity index (χ0) is 12.4. The summed E-state index contributed by atoms with van der Waals surface area (Å²) in [6.45, 7) is 0. The van der Waals surface area contributed by atoms with Crippen LogP contribution in [-0.4, -0.2) is 0 Å². The normalized spacial score (nSPS) is 11.9. The number of halogens is 1. The fourth-order valence-corrected chi connectivity index (χ4v) is 1.85. The van der Waals surface area contributed by atoms with Crippen molar-refractivity contribution in [2.45, 2.75) is 0 Å². The van der Waals surface area contributed by atoms with E-state index in [0.29, 0.717) is 10.6 Å². The van der Waals surface area contributed by atoms with Crippen molar-refractivity contribution in [3.63, 3.8) is 0 Å². The Kier molecular flexibility index (Phi) is 2.87. The minimum absolute atomic E-state index is 0.580. The van der Waals surface area contributed by atoms with Crippen molar-refractivity contribution in [3.05, 3.63) is 71.2 Å². The number of rotatable bonds is 1. The molecule has 18 heavy (non-hydrogen) atoms. The Labute approximate surface area is 109 Å². The van der Waals surface area contributed by atoms with E-state index in [1.165, 1.54) is 0 Å². The minimum Gasteiger partial charge on any atom is -0.438 e. The molecule has 0 aliphatic rings. The van der Waals surface area contributed by atoms with Crippen LogP contribution in [0.15, 0.2) is 70.1 Å². The van der Waals surface area contributed by atoms with Crippen LogP contribution in [0.5, 0.6) is 0 Å². The molecule has 0 aliphatic heterocycles. The SMILES string of the molecule is Clc1ccc(N=c2ccc3ccccc3o2)cc1. The van der Waals surface area contributed by atoms with Gasteiger partial charge in [-0.05, 0) is 36.4 Å². The molecule has 88 valence electrons. The summed E-state index contributed by atoms with van der Waals surface area (Å²) in [5, 5.41) is 1.76. The number of fused-ring (bicyclic) bond motifs is 1. The Morgan fingerprint density at radius 2 is 1.61 bits per heavy atom. The van der Waals surface area contributed by atoms with Crippen molar-refractivity contribution < 1.29 is 4.42 Å². The highest BCUT2D eigenvalue weighted by atomic mass is 35.5. The van der Waals surface area contributed by atoms with Crippen LogP contribution in [0.3, 0.4) is 0 Å². The molecule has 2 nitrogen and oxygen atoms in total. The van der Waals surface area contributed by atoms with Crippen molar-refractivity contribution in [2.75, 3.05) is 0 Å². The Morgan fingerprint density at radius 3 is 2.44 bits per heavy atom. The van der Waals surface area contributed by atoms with E-state index in [-0.39, 0.29) is 0 Å². The predicted molar refractivity (Wildman–Crippen MR) is 72.9 cm³/mol. The fraction of sp³-hybridized carbons (Fsp3) is 0. The molecule has 3 rings (SSSR count). The molecule has 0 spiro atoms. The van der Waals surface area contributed by atoms with Crippen LogP contribution in [0.25, 0.3) is 11.0 Å². The third-order valence-corrected chi connectivity index (χ3v) is 2.86. The maximum Gasteiger partial charge on any atom is 0.219 e. The molecule has 3 heteroatoms. The Bertz CT molecular complexity index is 744. The van der Waals surface area contributed by atoms with Gasteiger partial charge < -0.3 is 4.42 Å². The third-order valence-electron chi connectivity index (χ3n) is 2.60. The first kappa shape index (κ1) is 11.1. The summed E-state index contributed by atoms with van der Waals surface area (Å²) in [4.78, 5) is 4.41. The van der Waals surface area contributed by atoms with E-state index in [2.05, 4.69) is 4.99 Å². The molecular formula is C15H10ClNO. The predicted octanol–water partition coefficient (Wildman–Crippen LogP) is 4.32. The van der Waals surface area contributed by atoms with Crippen molar-refractivity contribution >= 4 is 28.3 Å². The monoisotopic (exact) mass is 255 g/mol. The quantitative estimate of drug-likeness (QED) is 0.636. The highest BCUT2D eigenvalue weighted by Crippen LogP contribution is 2.16. The molecule has 0 amide bonds. The summed E-state index contributed by atoms with van der Waals surface area (Å²) in [7, 11) is 0.